The van der Waals surface area contributed by atoms with Gasteiger partial charge in [-0.15, -0.1) is 0 Å². The Balaban J connectivity index is 2.27. The molecule has 0 aliphatic carbocycles. The van der Waals surface area contributed by atoms with Gasteiger partial charge in [-0.25, -0.2) is 4.79 Å². The van der Waals surface area contributed by atoms with Crippen LogP contribution >= 0.6 is 0 Å². The van der Waals surface area contributed by atoms with Crippen LogP contribution in [0.4, 0.5) is 10.5 Å². The van der Waals surface area contributed by atoms with Crippen LogP contribution in [0.3, 0.4) is 0 Å². The number of rotatable bonds is 7. The number of nitro groups is 1. The summed E-state index contributed by atoms with van der Waals surface area (Å²) in [6, 6.07) is 10.2. The minimum atomic E-state index is -1.01. The quantitative estimate of drug-likeness (QED) is 0.543. The molecule has 29 heavy (non-hydrogen) atoms. The summed E-state index contributed by atoms with van der Waals surface area (Å²) in [5, 5.41) is 15.9. The van der Waals surface area contributed by atoms with Gasteiger partial charge in [0.1, 0.15) is 11.5 Å². The Hall–Kier alpha value is -3.62. The normalized spacial score (nSPS) is 11.5. The number of nitro benzene ring substituents is 1. The second kappa shape index (κ2) is 9.54. The molecule has 0 heterocycles. The molecule has 0 bridgehead atoms. The smallest absolute Gasteiger partial charge is 0.321 e. The van der Waals surface area contributed by atoms with Gasteiger partial charge in [0, 0.05) is 23.7 Å². The number of hydrogen-bond donors (Lipinski definition) is 2. The average Bonchev–Trinajstić information content (AvgIpc) is 2.67. The van der Waals surface area contributed by atoms with Crippen molar-refractivity contribution in [3.63, 3.8) is 0 Å². The van der Waals surface area contributed by atoms with Crippen LogP contribution in [0.2, 0.25) is 0 Å². The number of nitrogens with zero attached hydrogens (tertiary/aromatic N) is 1. The van der Waals surface area contributed by atoms with E-state index in [1.807, 2.05) is 0 Å². The molecule has 3 amide bonds. The van der Waals surface area contributed by atoms with Crippen molar-refractivity contribution in [2.75, 3.05) is 7.11 Å². The Morgan fingerprint density at radius 2 is 1.72 bits per heavy atom. The van der Waals surface area contributed by atoms with Crippen LogP contribution in [0.1, 0.15) is 20.8 Å². The first-order valence-electron chi connectivity index (χ1n) is 8.92. The molecule has 9 nitrogen and oxygen atoms in total. The van der Waals surface area contributed by atoms with E-state index in [0.29, 0.717) is 16.9 Å². The maximum Gasteiger partial charge on any atom is 0.321 e. The molecule has 0 aromatic heterocycles. The summed E-state index contributed by atoms with van der Waals surface area (Å²) in [5.41, 5.74) is 0.972. The van der Waals surface area contributed by atoms with Crippen LogP contribution in [0.15, 0.2) is 42.5 Å². The minimum absolute atomic E-state index is 0.114. The SMILES string of the molecule is COc1ccc(-c2cc([N+](=O)[O-])ccc2O[C@H](C)C(=O)NC(=O)NC(C)C)cc1. The lowest BCUT2D eigenvalue weighted by Crippen LogP contribution is -2.47. The number of imide groups is 1. The van der Waals surface area contributed by atoms with E-state index in [-0.39, 0.29) is 17.5 Å². The lowest BCUT2D eigenvalue weighted by molar-refractivity contribution is -0.384. The molecular formula is C20H23N3O6. The van der Waals surface area contributed by atoms with Crippen molar-refractivity contribution >= 4 is 17.6 Å². The van der Waals surface area contributed by atoms with Crippen LogP contribution in [0.5, 0.6) is 11.5 Å². The lowest BCUT2D eigenvalue weighted by atomic mass is 10.0. The second-order valence-corrected chi connectivity index (χ2v) is 6.54. The third-order valence-corrected chi connectivity index (χ3v) is 3.90. The lowest BCUT2D eigenvalue weighted by Gasteiger charge is -2.18. The molecule has 2 rings (SSSR count). The Morgan fingerprint density at radius 3 is 2.28 bits per heavy atom. The Bertz CT molecular complexity index is 896. The first-order valence-corrected chi connectivity index (χ1v) is 8.92. The van der Waals surface area contributed by atoms with E-state index in [1.54, 1.807) is 38.1 Å². The van der Waals surface area contributed by atoms with Crippen LogP contribution in [-0.4, -0.2) is 36.1 Å². The summed E-state index contributed by atoms with van der Waals surface area (Å²) in [6.07, 6.45) is -1.01. The predicted octanol–water partition coefficient (Wildman–Crippen LogP) is 3.27. The number of nitrogens with one attached hydrogen (secondary N) is 2. The minimum Gasteiger partial charge on any atom is -0.497 e. The number of carbonyl (C=O) groups is 2. The molecule has 0 aliphatic rings. The van der Waals surface area contributed by atoms with Gasteiger partial charge in [-0.1, -0.05) is 12.1 Å². The van der Waals surface area contributed by atoms with Crippen LogP contribution in [0.25, 0.3) is 11.1 Å². The number of methoxy groups -OCH3 is 1. The number of amides is 3. The van der Waals surface area contributed by atoms with Crippen molar-refractivity contribution in [2.24, 2.45) is 0 Å². The number of non-ortho nitro benzene ring substituents is 1. The molecule has 0 radical (unpaired) electrons. The topological polar surface area (TPSA) is 120 Å². The Kier molecular flexibility index (Phi) is 7.13. The highest BCUT2D eigenvalue weighted by Crippen LogP contribution is 2.35. The standard InChI is InChI=1S/C20H23N3O6/c1-12(2)21-20(25)22-19(24)13(3)29-18-10-7-15(23(26)27)11-17(18)14-5-8-16(28-4)9-6-14/h5-13H,1-4H3,(H2,21,22,24,25)/t13-/m1/s1. The van der Waals surface area contributed by atoms with E-state index in [1.165, 1.54) is 32.2 Å². The van der Waals surface area contributed by atoms with E-state index in [2.05, 4.69) is 10.6 Å². The van der Waals surface area contributed by atoms with Crippen LogP contribution in [0, 0.1) is 10.1 Å². The average molecular weight is 401 g/mol. The fraction of sp³-hybridized carbons (Fsp3) is 0.300. The zero-order valence-electron chi connectivity index (χ0n) is 16.6. The van der Waals surface area contributed by atoms with E-state index in [9.17, 15) is 19.7 Å². The highest BCUT2D eigenvalue weighted by Gasteiger charge is 2.21. The largest absolute Gasteiger partial charge is 0.497 e. The van der Waals surface area contributed by atoms with Gasteiger partial charge in [0.05, 0.1) is 12.0 Å². The zero-order chi connectivity index (χ0) is 21.6. The fourth-order valence-corrected chi connectivity index (χ4v) is 2.49. The highest BCUT2D eigenvalue weighted by molar-refractivity contribution is 5.96. The first-order chi connectivity index (χ1) is 13.7. The van der Waals surface area contributed by atoms with E-state index < -0.39 is 23.0 Å². The van der Waals surface area contributed by atoms with Gasteiger partial charge in [0.15, 0.2) is 6.10 Å². The maximum atomic E-state index is 12.2. The number of benzene rings is 2. The molecule has 0 spiro atoms. The van der Waals surface area contributed by atoms with Gasteiger partial charge in [-0.05, 0) is 44.5 Å². The van der Waals surface area contributed by atoms with Gasteiger partial charge in [-0.2, -0.15) is 0 Å². The van der Waals surface area contributed by atoms with Gasteiger partial charge < -0.3 is 14.8 Å². The maximum absolute atomic E-state index is 12.2. The number of hydrogen-bond acceptors (Lipinski definition) is 6. The van der Waals surface area contributed by atoms with Gasteiger partial charge in [0.2, 0.25) is 0 Å². The van der Waals surface area contributed by atoms with Crippen molar-refractivity contribution < 1.29 is 24.0 Å². The van der Waals surface area contributed by atoms with Crippen LogP contribution in [-0.2, 0) is 4.79 Å². The number of carbonyl (C=O) groups excluding carboxylic acids is 2. The predicted molar refractivity (Wildman–Crippen MR) is 107 cm³/mol. The van der Waals surface area contributed by atoms with Crippen molar-refractivity contribution in [3.8, 4) is 22.6 Å². The molecule has 154 valence electrons. The molecular weight excluding hydrogens is 378 g/mol. The second-order valence-electron chi connectivity index (χ2n) is 6.54. The molecule has 0 fully saturated rings. The van der Waals surface area contributed by atoms with Crippen molar-refractivity contribution in [3.05, 3.63) is 52.6 Å². The van der Waals surface area contributed by atoms with Crippen molar-refractivity contribution in [1.82, 2.24) is 10.6 Å². The van der Waals surface area contributed by atoms with E-state index in [0.717, 1.165) is 0 Å². The summed E-state index contributed by atoms with van der Waals surface area (Å²) in [7, 11) is 1.53. The summed E-state index contributed by atoms with van der Waals surface area (Å²) in [4.78, 5) is 34.6. The third-order valence-electron chi connectivity index (χ3n) is 3.90. The molecule has 2 aromatic rings. The first kappa shape index (κ1) is 21.7. The number of urea groups is 1. The molecule has 0 saturated heterocycles. The van der Waals surface area contributed by atoms with Crippen molar-refractivity contribution in [2.45, 2.75) is 32.9 Å². The molecule has 9 heteroatoms. The van der Waals surface area contributed by atoms with Gasteiger partial charge in [0.25, 0.3) is 11.6 Å². The summed E-state index contributed by atoms with van der Waals surface area (Å²) < 4.78 is 10.8. The van der Waals surface area contributed by atoms with Gasteiger partial charge in [-0.3, -0.25) is 20.2 Å². The van der Waals surface area contributed by atoms with E-state index >= 15 is 0 Å². The summed E-state index contributed by atoms with van der Waals surface area (Å²) in [6.45, 7) is 5.02. The third kappa shape index (κ3) is 5.93. The highest BCUT2D eigenvalue weighted by atomic mass is 16.6. The molecule has 0 unspecified atom stereocenters. The Labute approximate surface area is 168 Å². The van der Waals surface area contributed by atoms with Crippen LogP contribution < -0.4 is 20.1 Å². The number of ether oxygens (including phenoxy) is 2. The molecule has 0 saturated carbocycles. The van der Waals surface area contributed by atoms with Gasteiger partial charge >= 0.3 is 6.03 Å². The van der Waals surface area contributed by atoms with Crippen molar-refractivity contribution in [1.29, 1.82) is 0 Å². The summed E-state index contributed by atoms with van der Waals surface area (Å²) in [5.74, 6) is 0.264. The zero-order valence-corrected chi connectivity index (χ0v) is 16.6. The molecule has 1 atom stereocenters. The molecule has 2 aromatic carbocycles. The molecule has 0 aliphatic heterocycles. The Morgan fingerprint density at radius 1 is 1.07 bits per heavy atom. The monoisotopic (exact) mass is 401 g/mol. The van der Waals surface area contributed by atoms with E-state index in [4.69, 9.17) is 9.47 Å². The fourth-order valence-electron chi connectivity index (χ4n) is 2.49. The molecule has 2 N–H and O–H groups in total. The summed E-state index contributed by atoms with van der Waals surface area (Å²) >= 11 is 0.